The number of rotatable bonds is 5. The minimum atomic E-state index is 0.122. The van der Waals surface area contributed by atoms with Gasteiger partial charge in [-0.1, -0.05) is 11.6 Å². The van der Waals surface area contributed by atoms with E-state index in [4.69, 9.17) is 16.3 Å². The summed E-state index contributed by atoms with van der Waals surface area (Å²) in [5, 5.41) is 2.96. The van der Waals surface area contributed by atoms with Crippen LogP contribution in [0.25, 0.3) is 0 Å². The first-order valence-electron chi connectivity index (χ1n) is 4.40. The molecule has 0 N–H and O–H groups in total. The standard InChI is InChI=1S/C9H12ClN3O2/c1-13(2)3-4-15-9-5-7(10)8(12-14)6-11-9/h5-6H,3-4H2,1-2H3. The molecule has 0 aliphatic heterocycles. The van der Waals surface area contributed by atoms with Crippen LogP contribution in [0.5, 0.6) is 5.88 Å². The van der Waals surface area contributed by atoms with E-state index in [-0.39, 0.29) is 10.7 Å². The maximum Gasteiger partial charge on any atom is 0.214 e. The van der Waals surface area contributed by atoms with Gasteiger partial charge in [-0.3, -0.25) is 0 Å². The Balaban J connectivity index is 2.56. The van der Waals surface area contributed by atoms with Crippen LogP contribution >= 0.6 is 11.6 Å². The van der Waals surface area contributed by atoms with E-state index in [1.807, 2.05) is 19.0 Å². The topological polar surface area (TPSA) is 54.8 Å². The normalized spacial score (nSPS) is 10.4. The molecule has 6 heteroatoms. The summed E-state index contributed by atoms with van der Waals surface area (Å²) in [5.74, 6) is 0.397. The minimum Gasteiger partial charge on any atom is -0.476 e. The van der Waals surface area contributed by atoms with Crippen LogP contribution in [0.4, 0.5) is 5.69 Å². The molecular weight excluding hydrogens is 218 g/mol. The average Bonchev–Trinajstić information content (AvgIpc) is 2.17. The molecule has 1 rings (SSSR count). The van der Waals surface area contributed by atoms with Gasteiger partial charge in [-0.2, -0.15) is 0 Å². The molecule has 1 aromatic heterocycles. The van der Waals surface area contributed by atoms with E-state index in [2.05, 4.69) is 10.2 Å². The number of ether oxygens (including phenoxy) is 1. The Morgan fingerprint density at radius 2 is 2.33 bits per heavy atom. The monoisotopic (exact) mass is 229 g/mol. The van der Waals surface area contributed by atoms with Crippen LogP contribution in [-0.2, 0) is 0 Å². The number of halogens is 1. The lowest BCUT2D eigenvalue weighted by atomic mass is 10.4. The van der Waals surface area contributed by atoms with Gasteiger partial charge in [-0.15, -0.1) is 4.91 Å². The molecule has 0 amide bonds. The van der Waals surface area contributed by atoms with Crippen LogP contribution in [-0.4, -0.2) is 37.1 Å². The average molecular weight is 230 g/mol. The highest BCUT2D eigenvalue weighted by Gasteiger charge is 2.04. The molecule has 0 radical (unpaired) electrons. The van der Waals surface area contributed by atoms with Crippen LogP contribution in [0.2, 0.25) is 5.02 Å². The zero-order valence-corrected chi connectivity index (χ0v) is 9.36. The first kappa shape index (κ1) is 11.9. The number of pyridine rings is 1. The molecule has 1 aromatic rings. The van der Waals surface area contributed by atoms with E-state index in [0.717, 1.165) is 6.54 Å². The molecule has 0 fully saturated rings. The molecule has 0 bridgehead atoms. The van der Waals surface area contributed by atoms with Crippen molar-refractivity contribution in [2.24, 2.45) is 5.18 Å². The number of likely N-dealkylation sites (N-methyl/N-ethyl adjacent to an activating group) is 1. The van der Waals surface area contributed by atoms with Crippen LogP contribution in [0.1, 0.15) is 0 Å². The van der Waals surface area contributed by atoms with Crippen LogP contribution in [0.15, 0.2) is 17.4 Å². The second-order valence-corrected chi connectivity index (χ2v) is 3.62. The fourth-order valence-electron chi connectivity index (χ4n) is 0.885. The van der Waals surface area contributed by atoms with Crippen molar-refractivity contribution in [3.8, 4) is 5.88 Å². The smallest absolute Gasteiger partial charge is 0.214 e. The van der Waals surface area contributed by atoms with E-state index in [0.29, 0.717) is 12.5 Å². The highest BCUT2D eigenvalue weighted by Crippen LogP contribution is 2.26. The van der Waals surface area contributed by atoms with Crippen molar-refractivity contribution >= 4 is 17.3 Å². The fourth-order valence-corrected chi connectivity index (χ4v) is 1.06. The van der Waals surface area contributed by atoms with E-state index in [1.165, 1.54) is 12.3 Å². The molecule has 0 spiro atoms. The molecule has 82 valence electrons. The van der Waals surface area contributed by atoms with Crippen molar-refractivity contribution in [3.63, 3.8) is 0 Å². The van der Waals surface area contributed by atoms with Gasteiger partial charge in [0.25, 0.3) is 0 Å². The third-order valence-electron chi connectivity index (χ3n) is 1.70. The Hall–Kier alpha value is -1.20. The Labute approximate surface area is 93.0 Å². The first-order chi connectivity index (χ1) is 7.13. The molecule has 0 aliphatic rings. The van der Waals surface area contributed by atoms with Crippen molar-refractivity contribution in [2.45, 2.75) is 0 Å². The lowest BCUT2D eigenvalue weighted by molar-refractivity contribution is 0.254. The minimum absolute atomic E-state index is 0.122. The van der Waals surface area contributed by atoms with E-state index >= 15 is 0 Å². The third-order valence-corrected chi connectivity index (χ3v) is 2.00. The Morgan fingerprint density at radius 1 is 1.60 bits per heavy atom. The summed E-state index contributed by atoms with van der Waals surface area (Å²) < 4.78 is 5.32. The molecule has 0 atom stereocenters. The lowest BCUT2D eigenvalue weighted by Gasteiger charge is -2.10. The molecule has 0 unspecified atom stereocenters. The summed E-state index contributed by atoms with van der Waals surface area (Å²) in [6.45, 7) is 1.30. The van der Waals surface area contributed by atoms with Crippen molar-refractivity contribution in [2.75, 3.05) is 27.2 Å². The zero-order valence-electron chi connectivity index (χ0n) is 8.61. The number of aromatic nitrogens is 1. The van der Waals surface area contributed by atoms with Gasteiger partial charge in [-0.25, -0.2) is 4.98 Å². The second-order valence-electron chi connectivity index (χ2n) is 3.22. The fraction of sp³-hybridized carbons (Fsp3) is 0.444. The van der Waals surface area contributed by atoms with E-state index in [9.17, 15) is 4.91 Å². The van der Waals surface area contributed by atoms with Gasteiger partial charge >= 0.3 is 0 Å². The lowest BCUT2D eigenvalue weighted by Crippen LogP contribution is -2.19. The number of hydrogen-bond acceptors (Lipinski definition) is 5. The summed E-state index contributed by atoms with van der Waals surface area (Å²) in [6.07, 6.45) is 1.29. The van der Waals surface area contributed by atoms with Gasteiger partial charge in [0.15, 0.2) is 0 Å². The summed E-state index contributed by atoms with van der Waals surface area (Å²) in [4.78, 5) is 16.1. The van der Waals surface area contributed by atoms with Crippen LogP contribution in [0.3, 0.4) is 0 Å². The molecule has 15 heavy (non-hydrogen) atoms. The summed E-state index contributed by atoms with van der Waals surface area (Å²) in [6, 6.07) is 1.48. The number of hydrogen-bond donors (Lipinski definition) is 0. The molecule has 0 saturated carbocycles. The SMILES string of the molecule is CN(C)CCOc1cc(Cl)c(N=O)cn1. The van der Waals surface area contributed by atoms with Gasteiger partial charge in [0.2, 0.25) is 5.88 Å². The van der Waals surface area contributed by atoms with Crippen molar-refractivity contribution in [1.29, 1.82) is 0 Å². The number of nitroso groups, excluding NO2 is 1. The van der Waals surface area contributed by atoms with Gasteiger partial charge < -0.3 is 9.64 Å². The molecule has 5 nitrogen and oxygen atoms in total. The molecule has 0 aliphatic carbocycles. The summed E-state index contributed by atoms with van der Waals surface area (Å²) in [7, 11) is 3.90. The maximum absolute atomic E-state index is 10.2. The Morgan fingerprint density at radius 3 is 2.87 bits per heavy atom. The quantitative estimate of drug-likeness (QED) is 0.726. The first-order valence-corrected chi connectivity index (χ1v) is 4.77. The predicted octanol–water partition coefficient (Wildman–Crippen LogP) is 2.07. The van der Waals surface area contributed by atoms with Crippen molar-refractivity contribution < 1.29 is 4.74 Å². The number of nitrogens with zero attached hydrogens (tertiary/aromatic N) is 3. The highest BCUT2D eigenvalue weighted by molar-refractivity contribution is 6.33. The van der Waals surface area contributed by atoms with Gasteiger partial charge in [0.05, 0.1) is 11.2 Å². The van der Waals surface area contributed by atoms with Crippen LogP contribution < -0.4 is 4.74 Å². The molecule has 1 heterocycles. The Kier molecular flexibility index (Phi) is 4.45. The van der Waals surface area contributed by atoms with E-state index in [1.54, 1.807) is 0 Å². The highest BCUT2D eigenvalue weighted by atomic mass is 35.5. The third kappa shape index (κ3) is 3.81. The van der Waals surface area contributed by atoms with Crippen LogP contribution in [0, 0.1) is 4.91 Å². The van der Waals surface area contributed by atoms with Gasteiger partial charge in [0.1, 0.15) is 12.3 Å². The van der Waals surface area contributed by atoms with Crippen molar-refractivity contribution in [1.82, 2.24) is 9.88 Å². The second kappa shape index (κ2) is 5.63. The molecular formula is C9H12ClN3O2. The largest absolute Gasteiger partial charge is 0.476 e. The van der Waals surface area contributed by atoms with E-state index < -0.39 is 0 Å². The summed E-state index contributed by atoms with van der Waals surface area (Å²) in [5.41, 5.74) is 0.122. The molecule has 0 saturated heterocycles. The summed E-state index contributed by atoms with van der Waals surface area (Å²) >= 11 is 5.75. The zero-order chi connectivity index (χ0) is 11.3. The van der Waals surface area contributed by atoms with Gasteiger partial charge in [0, 0.05) is 12.6 Å². The maximum atomic E-state index is 10.2. The Bertz CT molecular complexity index is 344. The predicted molar refractivity (Wildman–Crippen MR) is 58.8 cm³/mol. The van der Waals surface area contributed by atoms with Crippen molar-refractivity contribution in [3.05, 3.63) is 22.2 Å². The molecule has 0 aromatic carbocycles. The van der Waals surface area contributed by atoms with Gasteiger partial charge in [-0.05, 0) is 19.3 Å².